The summed E-state index contributed by atoms with van der Waals surface area (Å²) in [6.07, 6.45) is 1.79. The molecule has 18 heavy (non-hydrogen) atoms. The second-order valence-corrected chi connectivity index (χ2v) is 5.33. The van der Waals surface area contributed by atoms with Gasteiger partial charge in [-0.15, -0.1) is 0 Å². The van der Waals surface area contributed by atoms with Crippen molar-refractivity contribution in [3.63, 3.8) is 0 Å². The molecule has 0 amide bonds. The fourth-order valence-electron chi connectivity index (χ4n) is 1.77. The first kappa shape index (κ1) is 13.6. The molecular weight excluding hydrogens is 298 g/mol. The Morgan fingerprint density at radius 1 is 1.50 bits per heavy atom. The number of aliphatic hydroxyl groups excluding tert-OH is 1. The molecule has 2 rings (SSSR count). The van der Waals surface area contributed by atoms with Gasteiger partial charge in [0.25, 0.3) is 0 Å². The van der Waals surface area contributed by atoms with Gasteiger partial charge in [0.05, 0.1) is 19.3 Å². The van der Waals surface area contributed by atoms with E-state index in [1.165, 1.54) is 0 Å². The minimum absolute atomic E-state index is 0.264. The van der Waals surface area contributed by atoms with E-state index in [4.69, 9.17) is 9.47 Å². The Labute approximate surface area is 115 Å². The Kier molecular flexibility index (Phi) is 4.48. The van der Waals surface area contributed by atoms with Crippen molar-refractivity contribution in [1.82, 2.24) is 5.32 Å². The van der Waals surface area contributed by atoms with Gasteiger partial charge in [-0.05, 0) is 32.0 Å². The number of benzene rings is 1. The number of nitrogens with one attached hydrogen (secondary N) is 1. The molecule has 1 fully saturated rings. The largest absolute Gasteiger partial charge is 0.493 e. The molecule has 0 radical (unpaired) electrons. The number of aliphatic hydroxyl groups is 1. The van der Waals surface area contributed by atoms with Crippen LogP contribution >= 0.6 is 15.9 Å². The number of rotatable bonds is 6. The molecule has 0 heterocycles. The van der Waals surface area contributed by atoms with E-state index in [0.29, 0.717) is 18.0 Å². The molecule has 1 aromatic rings. The molecule has 5 heteroatoms. The predicted molar refractivity (Wildman–Crippen MR) is 73.2 cm³/mol. The molecule has 4 nitrogen and oxygen atoms in total. The molecule has 1 aliphatic carbocycles. The lowest BCUT2D eigenvalue weighted by molar-refractivity contribution is 0.168. The van der Waals surface area contributed by atoms with Crippen molar-refractivity contribution < 1.29 is 14.6 Å². The van der Waals surface area contributed by atoms with E-state index in [2.05, 4.69) is 21.2 Å². The topological polar surface area (TPSA) is 50.7 Å². The van der Waals surface area contributed by atoms with Crippen LogP contribution in [0.4, 0.5) is 0 Å². The second-order valence-electron chi connectivity index (χ2n) is 4.42. The molecular formula is C13H18BrNO3. The van der Waals surface area contributed by atoms with E-state index in [1.807, 2.05) is 12.1 Å². The number of methoxy groups -OCH3 is 1. The van der Waals surface area contributed by atoms with Crippen molar-refractivity contribution in [3.8, 4) is 11.5 Å². The van der Waals surface area contributed by atoms with Crippen LogP contribution < -0.4 is 14.8 Å². The van der Waals surface area contributed by atoms with Crippen LogP contribution in [-0.2, 0) is 0 Å². The van der Waals surface area contributed by atoms with Gasteiger partial charge in [0.1, 0.15) is 0 Å². The minimum Gasteiger partial charge on any atom is -0.493 e. The van der Waals surface area contributed by atoms with Crippen molar-refractivity contribution in [2.75, 3.05) is 20.7 Å². The van der Waals surface area contributed by atoms with Crippen LogP contribution in [0.15, 0.2) is 16.6 Å². The first-order valence-corrected chi connectivity index (χ1v) is 6.81. The SMILES string of the molecule is CNCC(O)c1cc(Br)cc(OC)c1OC1CC1. The molecule has 1 unspecified atom stereocenters. The zero-order valence-corrected chi connectivity index (χ0v) is 12.2. The molecule has 0 saturated heterocycles. The number of ether oxygens (including phenoxy) is 2. The molecule has 1 saturated carbocycles. The Hall–Kier alpha value is -0.780. The normalized spacial score (nSPS) is 16.4. The summed E-state index contributed by atoms with van der Waals surface area (Å²) in [6, 6.07) is 3.73. The van der Waals surface area contributed by atoms with E-state index in [1.54, 1.807) is 14.2 Å². The van der Waals surface area contributed by atoms with Crippen LogP contribution in [0.1, 0.15) is 24.5 Å². The first-order valence-electron chi connectivity index (χ1n) is 6.02. The zero-order chi connectivity index (χ0) is 13.1. The maximum atomic E-state index is 10.2. The second kappa shape index (κ2) is 5.91. The number of halogens is 1. The van der Waals surface area contributed by atoms with Gasteiger partial charge < -0.3 is 19.9 Å². The van der Waals surface area contributed by atoms with Crippen LogP contribution in [0, 0.1) is 0 Å². The standard InChI is InChI=1S/C13H18BrNO3/c1-15-7-11(16)10-5-8(14)6-12(17-2)13(10)18-9-3-4-9/h5-6,9,11,15-16H,3-4,7H2,1-2H3. The van der Waals surface area contributed by atoms with Gasteiger partial charge >= 0.3 is 0 Å². The summed E-state index contributed by atoms with van der Waals surface area (Å²) in [7, 11) is 3.41. The quantitative estimate of drug-likeness (QED) is 0.845. The summed E-state index contributed by atoms with van der Waals surface area (Å²) in [5.41, 5.74) is 0.752. The number of hydrogen-bond donors (Lipinski definition) is 2. The van der Waals surface area contributed by atoms with Gasteiger partial charge in [-0.25, -0.2) is 0 Å². The fraction of sp³-hybridized carbons (Fsp3) is 0.538. The van der Waals surface area contributed by atoms with E-state index >= 15 is 0 Å². The molecule has 0 bridgehead atoms. The Balaban J connectivity index is 2.35. The highest BCUT2D eigenvalue weighted by Gasteiger charge is 2.28. The molecule has 1 aliphatic rings. The molecule has 2 N–H and O–H groups in total. The molecule has 1 atom stereocenters. The molecule has 0 aromatic heterocycles. The van der Waals surface area contributed by atoms with Gasteiger partial charge in [0, 0.05) is 16.6 Å². The van der Waals surface area contributed by atoms with E-state index in [-0.39, 0.29) is 6.10 Å². The third kappa shape index (κ3) is 3.16. The van der Waals surface area contributed by atoms with E-state index in [0.717, 1.165) is 22.9 Å². The lowest BCUT2D eigenvalue weighted by Crippen LogP contribution is -2.18. The zero-order valence-electron chi connectivity index (χ0n) is 10.6. The van der Waals surface area contributed by atoms with E-state index < -0.39 is 6.10 Å². The van der Waals surface area contributed by atoms with Crippen LogP contribution in [-0.4, -0.2) is 31.9 Å². The minimum atomic E-state index is -0.616. The van der Waals surface area contributed by atoms with Gasteiger partial charge in [-0.3, -0.25) is 0 Å². The summed E-state index contributed by atoms with van der Waals surface area (Å²) < 4.78 is 12.1. The first-order chi connectivity index (χ1) is 8.65. The highest BCUT2D eigenvalue weighted by molar-refractivity contribution is 9.10. The highest BCUT2D eigenvalue weighted by Crippen LogP contribution is 2.41. The van der Waals surface area contributed by atoms with E-state index in [9.17, 15) is 5.11 Å². The molecule has 1 aromatic carbocycles. The Bertz CT molecular complexity index is 421. The summed E-state index contributed by atoms with van der Waals surface area (Å²) in [5.74, 6) is 1.31. The van der Waals surface area contributed by atoms with Crippen molar-refractivity contribution in [3.05, 3.63) is 22.2 Å². The maximum absolute atomic E-state index is 10.2. The third-order valence-corrected chi connectivity index (χ3v) is 3.29. The monoisotopic (exact) mass is 315 g/mol. The predicted octanol–water partition coefficient (Wildman–Crippen LogP) is 2.25. The van der Waals surface area contributed by atoms with Gasteiger partial charge in [-0.2, -0.15) is 0 Å². The number of likely N-dealkylation sites (N-methyl/N-ethyl adjacent to an activating group) is 1. The van der Waals surface area contributed by atoms with Crippen molar-refractivity contribution in [2.24, 2.45) is 0 Å². The average molecular weight is 316 g/mol. The maximum Gasteiger partial charge on any atom is 0.167 e. The molecule has 0 aliphatic heterocycles. The van der Waals surface area contributed by atoms with Crippen molar-refractivity contribution in [1.29, 1.82) is 0 Å². The fourth-order valence-corrected chi connectivity index (χ4v) is 2.22. The van der Waals surface area contributed by atoms with Gasteiger partial charge in [-0.1, -0.05) is 15.9 Å². The summed E-state index contributed by atoms with van der Waals surface area (Å²) in [6.45, 7) is 0.473. The smallest absolute Gasteiger partial charge is 0.167 e. The summed E-state index contributed by atoms with van der Waals surface area (Å²) in [5, 5.41) is 13.1. The summed E-state index contributed by atoms with van der Waals surface area (Å²) >= 11 is 3.42. The van der Waals surface area contributed by atoms with Crippen molar-refractivity contribution in [2.45, 2.75) is 25.0 Å². The Morgan fingerprint density at radius 3 is 2.78 bits per heavy atom. The molecule has 0 spiro atoms. The van der Waals surface area contributed by atoms with Crippen molar-refractivity contribution >= 4 is 15.9 Å². The molecule has 100 valence electrons. The Morgan fingerprint density at radius 2 is 2.22 bits per heavy atom. The van der Waals surface area contributed by atoms with Crippen LogP contribution in [0.3, 0.4) is 0 Å². The van der Waals surface area contributed by atoms with Crippen LogP contribution in [0.25, 0.3) is 0 Å². The average Bonchev–Trinajstić information content (AvgIpc) is 3.15. The van der Waals surface area contributed by atoms with Gasteiger partial charge in [0.2, 0.25) is 0 Å². The third-order valence-electron chi connectivity index (χ3n) is 2.83. The van der Waals surface area contributed by atoms with Crippen LogP contribution in [0.5, 0.6) is 11.5 Å². The highest BCUT2D eigenvalue weighted by atomic mass is 79.9. The van der Waals surface area contributed by atoms with Crippen LogP contribution in [0.2, 0.25) is 0 Å². The van der Waals surface area contributed by atoms with Gasteiger partial charge in [0.15, 0.2) is 11.5 Å². The lowest BCUT2D eigenvalue weighted by atomic mass is 10.1. The lowest BCUT2D eigenvalue weighted by Gasteiger charge is -2.19. The number of hydrogen-bond acceptors (Lipinski definition) is 4. The summed E-state index contributed by atoms with van der Waals surface area (Å²) in [4.78, 5) is 0.